The van der Waals surface area contributed by atoms with Crippen molar-refractivity contribution in [3.8, 4) is 0 Å². The highest BCUT2D eigenvalue weighted by Crippen LogP contribution is 2.37. The van der Waals surface area contributed by atoms with Gasteiger partial charge in [-0.1, -0.05) is 247 Å². The summed E-state index contributed by atoms with van der Waals surface area (Å²) >= 11 is 0. The molecule has 10 nitrogen and oxygen atoms in total. The molecule has 0 saturated carbocycles. The summed E-state index contributed by atoms with van der Waals surface area (Å²) in [5.74, 6) is 7.10. The van der Waals surface area contributed by atoms with Crippen LogP contribution in [0, 0.1) is 75.9 Å². The average molecular weight is 1320 g/mol. The number of hydrogen-bond acceptors (Lipinski definition) is 10. The summed E-state index contributed by atoms with van der Waals surface area (Å²) in [6.07, 6.45) is 28.7. The monoisotopic (exact) mass is 1320 g/mol. The van der Waals surface area contributed by atoms with Crippen LogP contribution in [-0.4, -0.2) is 124 Å². The van der Waals surface area contributed by atoms with Crippen LogP contribution >= 0.6 is 0 Å². The third kappa shape index (κ3) is 55.4. The first kappa shape index (κ1) is 102. The number of rotatable bonds is 50. The van der Waals surface area contributed by atoms with Crippen LogP contribution in [-0.2, 0) is 47.4 Å². The van der Waals surface area contributed by atoms with Gasteiger partial charge in [-0.3, -0.25) is 0 Å². The van der Waals surface area contributed by atoms with E-state index in [4.69, 9.17) is 47.4 Å². The highest BCUT2D eigenvalue weighted by Gasteiger charge is 2.38. The molecule has 1 fully saturated rings. The minimum atomic E-state index is -0.0563. The lowest BCUT2D eigenvalue weighted by atomic mass is 9.78. The molecule has 1 heterocycles. The summed E-state index contributed by atoms with van der Waals surface area (Å²) < 4.78 is 56.1. The van der Waals surface area contributed by atoms with Gasteiger partial charge in [-0.25, -0.2) is 0 Å². The molecular weight excluding hydrogens is 1160 g/mol. The second-order valence-corrected chi connectivity index (χ2v) is 27.0. The highest BCUT2D eigenvalue weighted by molar-refractivity contribution is 4.83. The Morgan fingerprint density at radius 2 is 0.699 bits per heavy atom. The van der Waals surface area contributed by atoms with Crippen molar-refractivity contribution in [1.82, 2.24) is 0 Å². The zero-order chi connectivity index (χ0) is 72.5. The smallest absolute Gasteiger partial charge is 0.161 e. The molecule has 0 amide bonds. The second-order valence-electron chi connectivity index (χ2n) is 27.0. The van der Waals surface area contributed by atoms with Gasteiger partial charge in [0.25, 0.3) is 0 Å². The van der Waals surface area contributed by atoms with Crippen LogP contribution in [0.25, 0.3) is 0 Å². The fraction of sp³-hybridized carbons (Fsp3) is 0.831. The van der Waals surface area contributed by atoms with E-state index in [1.165, 1.54) is 64.2 Å². The van der Waals surface area contributed by atoms with E-state index in [9.17, 15) is 0 Å². The predicted molar refractivity (Wildman–Crippen MR) is 410 cm³/mol. The molecule has 1 aliphatic heterocycles. The van der Waals surface area contributed by atoms with E-state index in [0.29, 0.717) is 136 Å². The fourth-order valence-corrected chi connectivity index (χ4v) is 9.95. The van der Waals surface area contributed by atoms with Gasteiger partial charge in [0.15, 0.2) is 6.29 Å². The summed E-state index contributed by atoms with van der Waals surface area (Å²) in [5.41, 5.74) is 0.812. The van der Waals surface area contributed by atoms with Gasteiger partial charge in [0.1, 0.15) is 6.10 Å². The molecule has 556 valence electrons. The molecule has 0 N–H and O–H groups in total. The lowest BCUT2D eigenvalue weighted by Crippen LogP contribution is -2.45. The first-order chi connectivity index (χ1) is 44.3. The molecule has 10 heteroatoms. The van der Waals surface area contributed by atoms with Crippen LogP contribution in [0.5, 0.6) is 0 Å². The van der Waals surface area contributed by atoms with Gasteiger partial charge in [-0.15, -0.1) is 46.1 Å². The van der Waals surface area contributed by atoms with Gasteiger partial charge in [-0.05, 0) is 115 Å². The van der Waals surface area contributed by atoms with Crippen molar-refractivity contribution in [2.75, 3.05) is 99.1 Å². The zero-order valence-corrected chi connectivity index (χ0v) is 66.5. The summed E-state index contributed by atoms with van der Waals surface area (Å²) in [7, 11) is 0. The Bertz CT molecular complexity index is 1540. The Kier molecular flexibility index (Phi) is 77.8. The van der Waals surface area contributed by atoms with Gasteiger partial charge >= 0.3 is 0 Å². The van der Waals surface area contributed by atoms with Gasteiger partial charge < -0.3 is 47.4 Å². The zero-order valence-electron chi connectivity index (χ0n) is 66.5. The first-order valence-corrected chi connectivity index (χ1v) is 37.6. The van der Waals surface area contributed by atoms with E-state index >= 15 is 0 Å². The molecule has 1 aliphatic rings. The maximum atomic E-state index is 5.96. The van der Waals surface area contributed by atoms with Crippen molar-refractivity contribution >= 4 is 0 Å². The molecule has 10 unspecified atom stereocenters. The molecule has 13 atom stereocenters. The fourth-order valence-electron chi connectivity index (χ4n) is 9.95. The molecule has 0 radical (unpaired) electrons. The quantitative estimate of drug-likeness (QED) is 0.0433. The van der Waals surface area contributed by atoms with Gasteiger partial charge in [0.2, 0.25) is 0 Å². The lowest BCUT2D eigenvalue weighted by molar-refractivity contribution is -0.244. The van der Waals surface area contributed by atoms with E-state index in [-0.39, 0.29) is 12.4 Å². The van der Waals surface area contributed by atoms with Crippen molar-refractivity contribution in [2.24, 2.45) is 75.9 Å². The van der Waals surface area contributed by atoms with Crippen molar-refractivity contribution in [3.63, 3.8) is 0 Å². The predicted octanol–water partition coefficient (Wildman–Crippen LogP) is 23.1. The standard InChI is InChI=1S/C16H32O3.C13H24O2.2C12H24O.2C11H22O.C8H16O/c1-6-9-19-16(12-17-10-14(4)7-2)13-18-11-15(5)8-3;1-6-8-14-13-11(5)9(3)10(4)12(7-2)15-13;1-6-8-13-9-11(4)12(5)10(3)7-2;1-6-9-13-12(10(4)7-2)11(5)8-3;2*1-5-9-12-10-11(6-2,7-3)8-4;1-4-6-9-7-8(3)5-2/h6,14-16H,1,7-13H2,2-5H3;6,9-13H,1,7-8H2,2-5H3;2*6,10-12H,1,7-9H2,2-5H3;2*5H,1,6-10H2,2-4H3;4,8H,1,5-7H2,2-3H3/t;9?,10-,11-,12?,13+;;;;;/m.1...../s1. The largest absolute Gasteiger partial charge is 0.378 e. The Morgan fingerprint density at radius 1 is 0.355 bits per heavy atom. The maximum Gasteiger partial charge on any atom is 0.161 e. The summed E-state index contributed by atoms with van der Waals surface area (Å²) in [6, 6.07) is 0. The lowest BCUT2D eigenvalue weighted by Gasteiger charge is -2.43. The van der Waals surface area contributed by atoms with Crippen molar-refractivity contribution in [1.29, 1.82) is 0 Å². The van der Waals surface area contributed by atoms with Crippen LogP contribution in [0.3, 0.4) is 0 Å². The summed E-state index contributed by atoms with van der Waals surface area (Å²) in [4.78, 5) is 0. The molecular formula is C83H164O10. The molecule has 0 spiro atoms. The maximum absolute atomic E-state index is 5.96. The van der Waals surface area contributed by atoms with Gasteiger partial charge in [-0.2, -0.15) is 0 Å². The Hall–Kier alpha value is -2.22. The number of ether oxygens (including phenoxy) is 10. The Balaban J connectivity index is -0.000000240. The van der Waals surface area contributed by atoms with E-state index < -0.39 is 0 Å². The third-order valence-corrected chi connectivity index (χ3v) is 20.0. The van der Waals surface area contributed by atoms with Crippen molar-refractivity contribution in [2.45, 2.75) is 274 Å². The molecule has 0 aromatic carbocycles. The molecule has 0 aliphatic carbocycles. The highest BCUT2D eigenvalue weighted by atomic mass is 16.7. The minimum absolute atomic E-state index is 0.00566. The molecule has 0 bridgehead atoms. The van der Waals surface area contributed by atoms with E-state index in [1.54, 1.807) is 24.3 Å². The van der Waals surface area contributed by atoms with Crippen LogP contribution in [0.2, 0.25) is 0 Å². The van der Waals surface area contributed by atoms with Crippen LogP contribution in [0.4, 0.5) is 0 Å². The number of hydrogen-bond donors (Lipinski definition) is 0. The Labute approximate surface area is 582 Å². The first-order valence-electron chi connectivity index (χ1n) is 37.6. The second kappa shape index (κ2) is 71.1. The average Bonchev–Trinajstić information content (AvgIpc) is 0.932. The van der Waals surface area contributed by atoms with E-state index in [1.807, 2.05) is 18.2 Å². The molecule has 1 saturated heterocycles. The molecule has 93 heavy (non-hydrogen) atoms. The normalized spacial score (nSPS) is 19.2. The summed E-state index contributed by atoms with van der Waals surface area (Å²) in [5, 5.41) is 0. The topological polar surface area (TPSA) is 92.3 Å². The SMILES string of the molecule is C=CCOC(C(C)CC)C(C)CC.C=CCOC(COCC(C)CC)COCC(C)CC.C=CCOCC(C)C(C)C(C)CC.C=CCOCC(C)CC.C=CCOCC(CC)(CC)CC.C=CCOCC(CC)(CC)CC.C=CCO[C@H]1OC(CC)[C@H](C)C(C)[C@H]1C. The molecule has 0 aromatic heterocycles. The van der Waals surface area contributed by atoms with E-state index in [0.717, 1.165) is 70.7 Å². The molecule has 0 aromatic rings. The van der Waals surface area contributed by atoms with Crippen LogP contribution in [0.15, 0.2) is 88.6 Å². The minimum Gasteiger partial charge on any atom is -0.378 e. The van der Waals surface area contributed by atoms with Crippen molar-refractivity contribution < 1.29 is 47.4 Å². The van der Waals surface area contributed by atoms with Crippen molar-refractivity contribution in [3.05, 3.63) is 88.6 Å². The Morgan fingerprint density at radius 3 is 1.03 bits per heavy atom. The molecule has 1 rings (SSSR count). The van der Waals surface area contributed by atoms with Crippen LogP contribution < -0.4 is 0 Å². The third-order valence-electron chi connectivity index (χ3n) is 20.0. The van der Waals surface area contributed by atoms with E-state index in [2.05, 4.69) is 212 Å². The van der Waals surface area contributed by atoms with Gasteiger partial charge in [0.05, 0.1) is 84.9 Å². The summed E-state index contributed by atoms with van der Waals surface area (Å²) in [6.45, 7) is 89.8. The van der Waals surface area contributed by atoms with Gasteiger partial charge in [0, 0.05) is 32.3 Å². The van der Waals surface area contributed by atoms with Crippen LogP contribution in [0.1, 0.15) is 250 Å².